The van der Waals surface area contributed by atoms with Crippen LogP contribution in [-0.4, -0.2) is 31.1 Å². The van der Waals surface area contributed by atoms with E-state index in [0.29, 0.717) is 10.9 Å². The molecule has 0 aliphatic rings. The number of methoxy groups -OCH3 is 2. The minimum atomic E-state index is -0.596. The van der Waals surface area contributed by atoms with E-state index >= 15 is 0 Å². The number of nitrogens with one attached hydrogen (secondary N) is 1. The van der Waals surface area contributed by atoms with Crippen molar-refractivity contribution in [3.8, 4) is 0 Å². The molecule has 0 atom stereocenters. The van der Waals surface area contributed by atoms with Crippen molar-refractivity contribution in [1.29, 1.82) is 0 Å². The van der Waals surface area contributed by atoms with Crippen LogP contribution in [0.5, 0.6) is 0 Å². The predicted molar refractivity (Wildman–Crippen MR) is 73.7 cm³/mol. The highest BCUT2D eigenvalue weighted by Crippen LogP contribution is 2.25. The molecule has 0 bridgehead atoms. The number of H-pyrrole nitrogens is 1. The van der Waals surface area contributed by atoms with Crippen molar-refractivity contribution >= 4 is 45.4 Å². The van der Waals surface area contributed by atoms with Crippen LogP contribution in [0.15, 0.2) is 18.2 Å². The fourth-order valence-corrected chi connectivity index (χ4v) is 2.22. The second-order valence-electron chi connectivity index (χ2n) is 3.55. The Morgan fingerprint density at radius 3 is 2.44 bits per heavy atom. The van der Waals surface area contributed by atoms with Crippen molar-refractivity contribution in [3.63, 3.8) is 0 Å². The molecule has 0 fully saturated rings. The number of carbonyl (C=O) groups is 2. The van der Waals surface area contributed by atoms with E-state index in [1.165, 1.54) is 14.2 Å². The Morgan fingerprint density at radius 1 is 1.17 bits per heavy atom. The van der Waals surface area contributed by atoms with Gasteiger partial charge in [0.05, 0.1) is 19.8 Å². The van der Waals surface area contributed by atoms with Crippen molar-refractivity contribution in [2.45, 2.75) is 0 Å². The third kappa shape index (κ3) is 2.07. The summed E-state index contributed by atoms with van der Waals surface area (Å²) in [7, 11) is 2.54. The fourth-order valence-electron chi connectivity index (χ4n) is 1.73. The zero-order valence-electron chi connectivity index (χ0n) is 9.74. The number of halogens is 1. The van der Waals surface area contributed by atoms with E-state index in [4.69, 9.17) is 4.74 Å². The maximum atomic E-state index is 11.8. The first-order chi connectivity index (χ1) is 8.58. The standard InChI is InChI=1S/C12H10INO4/c1-17-11(15)9-7-5-6(13)3-4-8(7)14-10(9)12(16)18-2/h3-5,14H,1-2H3. The van der Waals surface area contributed by atoms with Crippen molar-refractivity contribution in [2.75, 3.05) is 14.2 Å². The Hall–Kier alpha value is -1.57. The minimum Gasteiger partial charge on any atom is -0.465 e. The summed E-state index contributed by atoms with van der Waals surface area (Å²) in [6.45, 7) is 0. The lowest BCUT2D eigenvalue weighted by Crippen LogP contribution is -2.10. The summed E-state index contributed by atoms with van der Waals surface area (Å²) >= 11 is 2.13. The molecule has 0 unspecified atom stereocenters. The van der Waals surface area contributed by atoms with Gasteiger partial charge in [0.2, 0.25) is 0 Å². The van der Waals surface area contributed by atoms with E-state index in [-0.39, 0.29) is 11.3 Å². The van der Waals surface area contributed by atoms with E-state index in [9.17, 15) is 9.59 Å². The number of hydrogen-bond donors (Lipinski definition) is 1. The molecule has 1 N–H and O–H groups in total. The molecule has 0 spiro atoms. The zero-order chi connectivity index (χ0) is 13.3. The van der Waals surface area contributed by atoms with Crippen LogP contribution in [-0.2, 0) is 9.47 Å². The quantitative estimate of drug-likeness (QED) is 0.660. The van der Waals surface area contributed by atoms with E-state index in [1.54, 1.807) is 6.07 Å². The van der Waals surface area contributed by atoms with Crippen LogP contribution >= 0.6 is 22.6 Å². The van der Waals surface area contributed by atoms with E-state index in [2.05, 4.69) is 32.3 Å². The average molecular weight is 359 g/mol. The molecule has 0 saturated carbocycles. The lowest BCUT2D eigenvalue weighted by atomic mass is 10.1. The molecule has 1 aromatic carbocycles. The lowest BCUT2D eigenvalue weighted by molar-refractivity contribution is 0.0553. The van der Waals surface area contributed by atoms with Gasteiger partial charge in [-0.05, 0) is 40.8 Å². The van der Waals surface area contributed by atoms with Gasteiger partial charge in [-0.15, -0.1) is 0 Å². The highest BCUT2D eigenvalue weighted by Gasteiger charge is 2.24. The minimum absolute atomic E-state index is 0.112. The van der Waals surface area contributed by atoms with Crippen molar-refractivity contribution in [3.05, 3.63) is 33.0 Å². The Kier molecular flexibility index (Phi) is 3.55. The third-order valence-corrected chi connectivity index (χ3v) is 3.21. The van der Waals surface area contributed by atoms with Crippen LogP contribution in [0.2, 0.25) is 0 Å². The van der Waals surface area contributed by atoms with E-state index in [0.717, 1.165) is 3.57 Å². The molecule has 0 amide bonds. The maximum Gasteiger partial charge on any atom is 0.355 e. The predicted octanol–water partition coefficient (Wildman–Crippen LogP) is 2.35. The molecule has 0 saturated heterocycles. The molecule has 94 valence electrons. The lowest BCUT2D eigenvalue weighted by Gasteiger charge is -2.01. The number of esters is 2. The first kappa shape index (κ1) is 12.9. The number of benzene rings is 1. The van der Waals surface area contributed by atoms with Crippen molar-refractivity contribution < 1.29 is 19.1 Å². The van der Waals surface area contributed by atoms with Crippen molar-refractivity contribution in [2.24, 2.45) is 0 Å². The van der Waals surface area contributed by atoms with Crippen LogP contribution in [0.4, 0.5) is 0 Å². The van der Waals surface area contributed by atoms with Gasteiger partial charge in [0.15, 0.2) is 0 Å². The number of ether oxygens (including phenoxy) is 2. The molecule has 18 heavy (non-hydrogen) atoms. The molecule has 5 nitrogen and oxygen atoms in total. The first-order valence-corrected chi connectivity index (χ1v) is 6.14. The van der Waals surface area contributed by atoms with Crippen LogP contribution in [0.3, 0.4) is 0 Å². The molecule has 2 aromatic rings. The summed E-state index contributed by atoms with van der Waals surface area (Å²) < 4.78 is 10.3. The van der Waals surface area contributed by atoms with Crippen molar-refractivity contribution in [1.82, 2.24) is 4.98 Å². The fraction of sp³-hybridized carbons (Fsp3) is 0.167. The zero-order valence-corrected chi connectivity index (χ0v) is 11.9. The maximum absolute atomic E-state index is 11.8. The summed E-state index contributed by atoms with van der Waals surface area (Å²) in [6, 6.07) is 5.49. The van der Waals surface area contributed by atoms with Crippen LogP contribution < -0.4 is 0 Å². The van der Waals surface area contributed by atoms with Gasteiger partial charge in [-0.3, -0.25) is 0 Å². The molecule has 0 aliphatic heterocycles. The number of carbonyl (C=O) groups excluding carboxylic acids is 2. The third-order valence-electron chi connectivity index (χ3n) is 2.54. The van der Waals surface area contributed by atoms with Gasteiger partial charge < -0.3 is 14.5 Å². The second kappa shape index (κ2) is 4.97. The van der Waals surface area contributed by atoms with Gasteiger partial charge >= 0.3 is 11.9 Å². The molecular weight excluding hydrogens is 349 g/mol. The van der Waals surface area contributed by atoms with Crippen LogP contribution in [0.1, 0.15) is 20.8 Å². The average Bonchev–Trinajstić information content (AvgIpc) is 2.75. The van der Waals surface area contributed by atoms with Gasteiger partial charge in [-0.2, -0.15) is 0 Å². The highest BCUT2D eigenvalue weighted by atomic mass is 127. The Labute approximate surface area is 117 Å². The monoisotopic (exact) mass is 359 g/mol. The van der Waals surface area contributed by atoms with E-state index in [1.807, 2.05) is 12.1 Å². The number of hydrogen-bond acceptors (Lipinski definition) is 4. The van der Waals surface area contributed by atoms with Crippen LogP contribution in [0, 0.1) is 3.57 Å². The SMILES string of the molecule is COC(=O)c1[nH]c2ccc(I)cc2c1C(=O)OC. The first-order valence-electron chi connectivity index (χ1n) is 5.06. The van der Waals surface area contributed by atoms with Gasteiger partial charge in [0.1, 0.15) is 5.69 Å². The van der Waals surface area contributed by atoms with Gasteiger partial charge in [0.25, 0.3) is 0 Å². The van der Waals surface area contributed by atoms with Gasteiger partial charge in [0, 0.05) is 14.5 Å². The smallest absolute Gasteiger partial charge is 0.355 e. The summed E-state index contributed by atoms with van der Waals surface area (Å²) in [5.74, 6) is -1.16. The number of aromatic amines is 1. The molecule has 6 heteroatoms. The molecule has 1 aromatic heterocycles. The van der Waals surface area contributed by atoms with Crippen LogP contribution in [0.25, 0.3) is 10.9 Å². The summed E-state index contributed by atoms with van der Waals surface area (Å²) in [4.78, 5) is 26.3. The number of aromatic nitrogens is 1. The molecule has 0 aliphatic carbocycles. The summed E-state index contributed by atoms with van der Waals surface area (Å²) in [5.41, 5.74) is 1.01. The Morgan fingerprint density at radius 2 is 1.83 bits per heavy atom. The molecule has 2 rings (SSSR count). The van der Waals surface area contributed by atoms with Gasteiger partial charge in [-0.1, -0.05) is 0 Å². The Bertz CT molecular complexity index is 632. The number of fused-ring (bicyclic) bond motifs is 1. The highest BCUT2D eigenvalue weighted by molar-refractivity contribution is 14.1. The largest absolute Gasteiger partial charge is 0.465 e. The van der Waals surface area contributed by atoms with E-state index < -0.39 is 11.9 Å². The molecule has 1 heterocycles. The normalized spacial score (nSPS) is 10.4. The summed E-state index contributed by atoms with van der Waals surface area (Å²) in [6.07, 6.45) is 0. The number of rotatable bonds is 2. The molecular formula is C12H10INO4. The second-order valence-corrected chi connectivity index (χ2v) is 4.79. The van der Waals surface area contributed by atoms with Gasteiger partial charge in [-0.25, -0.2) is 9.59 Å². The summed E-state index contributed by atoms with van der Waals surface area (Å²) in [5, 5.41) is 0.647. The topological polar surface area (TPSA) is 68.4 Å². The molecule has 0 radical (unpaired) electrons. The Balaban J connectivity index is 2.77.